The average Bonchev–Trinajstić information content (AvgIpc) is 2.83. The fourth-order valence-electron chi connectivity index (χ4n) is 3.79. The summed E-state index contributed by atoms with van der Waals surface area (Å²) in [5.41, 5.74) is 1.83. The SMILES string of the molecule is CCN(CC)S(=O)(=O)c1ccc(CNC(=O)NCc2ccnc(N3CCCCC3)c2)cc1. The van der Waals surface area contributed by atoms with E-state index in [1.54, 1.807) is 30.5 Å². The summed E-state index contributed by atoms with van der Waals surface area (Å²) in [5.74, 6) is 0.962. The van der Waals surface area contributed by atoms with Crippen LogP contribution in [0.25, 0.3) is 0 Å². The molecule has 0 aliphatic carbocycles. The molecule has 0 bridgehead atoms. The Bertz CT molecular complexity index is 985. The molecule has 2 heterocycles. The first kappa shape index (κ1) is 24.0. The molecule has 1 aliphatic rings. The molecule has 1 aromatic heterocycles. The van der Waals surface area contributed by atoms with E-state index < -0.39 is 10.0 Å². The third kappa shape index (κ3) is 6.20. The quantitative estimate of drug-likeness (QED) is 0.601. The largest absolute Gasteiger partial charge is 0.357 e. The van der Waals surface area contributed by atoms with E-state index in [2.05, 4.69) is 20.5 Å². The van der Waals surface area contributed by atoms with Crippen LogP contribution in [0.3, 0.4) is 0 Å². The van der Waals surface area contributed by atoms with E-state index in [1.165, 1.54) is 23.6 Å². The van der Waals surface area contributed by atoms with Gasteiger partial charge >= 0.3 is 6.03 Å². The molecule has 174 valence electrons. The molecule has 9 heteroatoms. The zero-order valence-corrected chi connectivity index (χ0v) is 19.7. The maximum Gasteiger partial charge on any atom is 0.315 e. The summed E-state index contributed by atoms with van der Waals surface area (Å²) < 4.78 is 26.5. The molecule has 0 saturated carbocycles. The summed E-state index contributed by atoms with van der Waals surface area (Å²) >= 11 is 0. The maximum atomic E-state index is 12.6. The molecule has 1 aliphatic heterocycles. The highest BCUT2D eigenvalue weighted by atomic mass is 32.2. The van der Waals surface area contributed by atoms with Crippen molar-refractivity contribution in [2.24, 2.45) is 0 Å². The van der Waals surface area contributed by atoms with Crippen molar-refractivity contribution in [3.05, 3.63) is 53.7 Å². The minimum atomic E-state index is -3.48. The van der Waals surface area contributed by atoms with Crippen molar-refractivity contribution in [2.45, 2.75) is 51.1 Å². The zero-order valence-electron chi connectivity index (χ0n) is 18.9. The van der Waals surface area contributed by atoms with Crippen LogP contribution in [-0.2, 0) is 23.1 Å². The fourth-order valence-corrected chi connectivity index (χ4v) is 5.24. The number of anilines is 1. The van der Waals surface area contributed by atoms with Crippen LogP contribution in [0, 0.1) is 0 Å². The number of benzene rings is 1. The van der Waals surface area contributed by atoms with Gasteiger partial charge in [-0.1, -0.05) is 26.0 Å². The van der Waals surface area contributed by atoms with E-state index in [4.69, 9.17) is 0 Å². The van der Waals surface area contributed by atoms with Crippen LogP contribution in [0.1, 0.15) is 44.2 Å². The molecule has 2 aromatic rings. The Balaban J connectivity index is 1.49. The molecule has 0 unspecified atom stereocenters. The molecule has 0 atom stereocenters. The number of rotatable bonds is 9. The number of aromatic nitrogens is 1. The molecule has 1 aromatic carbocycles. The fraction of sp³-hybridized carbons (Fsp3) is 0.478. The van der Waals surface area contributed by atoms with E-state index in [9.17, 15) is 13.2 Å². The summed E-state index contributed by atoms with van der Waals surface area (Å²) in [6.45, 7) is 7.27. The predicted octanol–water partition coefficient (Wildman–Crippen LogP) is 3.10. The summed E-state index contributed by atoms with van der Waals surface area (Å²) in [6, 6.07) is 10.3. The molecule has 2 N–H and O–H groups in total. The lowest BCUT2D eigenvalue weighted by Crippen LogP contribution is -2.34. The van der Waals surface area contributed by atoms with Crippen molar-refractivity contribution in [1.29, 1.82) is 0 Å². The summed E-state index contributed by atoms with van der Waals surface area (Å²) in [6.07, 6.45) is 5.43. The number of amides is 2. The lowest BCUT2D eigenvalue weighted by Gasteiger charge is -2.27. The number of nitrogens with zero attached hydrogens (tertiary/aromatic N) is 3. The van der Waals surface area contributed by atoms with Crippen LogP contribution in [0.15, 0.2) is 47.5 Å². The summed E-state index contributed by atoms with van der Waals surface area (Å²) in [4.78, 5) is 19.2. The lowest BCUT2D eigenvalue weighted by atomic mass is 10.1. The average molecular weight is 460 g/mol. The standard InChI is InChI=1S/C23H33N5O3S/c1-3-28(4-2)32(30,31)21-10-8-19(9-11-21)17-25-23(29)26-18-20-12-13-24-22(16-20)27-14-6-5-7-15-27/h8-13,16H,3-7,14-15,17-18H2,1-2H3,(H2,25,26,29). The van der Waals surface area contributed by atoms with Crippen LogP contribution >= 0.6 is 0 Å². The smallest absolute Gasteiger partial charge is 0.315 e. The monoisotopic (exact) mass is 459 g/mol. The molecule has 0 spiro atoms. The van der Waals surface area contributed by atoms with Gasteiger partial charge in [0.05, 0.1) is 4.90 Å². The number of hydrogen-bond donors (Lipinski definition) is 2. The van der Waals surface area contributed by atoms with Gasteiger partial charge in [0, 0.05) is 45.5 Å². The number of sulfonamides is 1. The zero-order chi connectivity index (χ0) is 23.0. The number of hydrogen-bond acceptors (Lipinski definition) is 5. The van der Waals surface area contributed by atoms with Gasteiger partial charge in [0.25, 0.3) is 0 Å². The van der Waals surface area contributed by atoms with Crippen molar-refractivity contribution in [3.63, 3.8) is 0 Å². The minimum absolute atomic E-state index is 0.261. The number of nitrogens with one attached hydrogen (secondary N) is 2. The van der Waals surface area contributed by atoms with Gasteiger partial charge in [-0.25, -0.2) is 18.2 Å². The Morgan fingerprint density at radius 1 is 0.969 bits per heavy atom. The van der Waals surface area contributed by atoms with Gasteiger partial charge < -0.3 is 15.5 Å². The molecule has 3 rings (SSSR count). The Morgan fingerprint density at radius 2 is 1.59 bits per heavy atom. The van der Waals surface area contributed by atoms with E-state index >= 15 is 0 Å². The van der Waals surface area contributed by atoms with Gasteiger partial charge in [0.2, 0.25) is 10.0 Å². The molecular formula is C23H33N5O3S. The van der Waals surface area contributed by atoms with Crippen molar-refractivity contribution in [1.82, 2.24) is 19.9 Å². The topological polar surface area (TPSA) is 94.6 Å². The molecule has 1 fully saturated rings. The van der Waals surface area contributed by atoms with E-state index in [0.717, 1.165) is 30.0 Å². The molecule has 1 saturated heterocycles. The highest BCUT2D eigenvalue weighted by Gasteiger charge is 2.21. The number of carbonyl (C=O) groups excluding carboxylic acids is 1. The van der Waals surface area contributed by atoms with Crippen molar-refractivity contribution < 1.29 is 13.2 Å². The van der Waals surface area contributed by atoms with Gasteiger partial charge in [-0.15, -0.1) is 0 Å². The van der Waals surface area contributed by atoms with Crippen LogP contribution in [0.2, 0.25) is 0 Å². The van der Waals surface area contributed by atoms with Gasteiger partial charge in [-0.3, -0.25) is 0 Å². The summed E-state index contributed by atoms with van der Waals surface area (Å²) in [7, 11) is -3.48. The summed E-state index contributed by atoms with van der Waals surface area (Å²) in [5, 5.41) is 5.68. The number of carbonyl (C=O) groups is 1. The van der Waals surface area contributed by atoms with Gasteiger partial charge in [-0.2, -0.15) is 4.31 Å². The van der Waals surface area contributed by atoms with Gasteiger partial charge in [0.15, 0.2) is 0 Å². The van der Waals surface area contributed by atoms with Crippen molar-refractivity contribution in [2.75, 3.05) is 31.1 Å². The van der Waals surface area contributed by atoms with Crippen LogP contribution in [0.5, 0.6) is 0 Å². The first-order valence-corrected chi connectivity index (χ1v) is 12.7. The normalized spacial score (nSPS) is 14.4. The highest BCUT2D eigenvalue weighted by molar-refractivity contribution is 7.89. The van der Waals surface area contributed by atoms with Crippen molar-refractivity contribution >= 4 is 21.9 Å². The van der Waals surface area contributed by atoms with Crippen molar-refractivity contribution in [3.8, 4) is 0 Å². The number of piperidine rings is 1. The Morgan fingerprint density at radius 3 is 2.22 bits per heavy atom. The van der Waals surface area contributed by atoms with Crippen LogP contribution in [0.4, 0.5) is 10.6 Å². The van der Waals surface area contributed by atoms with E-state index in [1.807, 2.05) is 26.0 Å². The Labute approximate surface area is 191 Å². The lowest BCUT2D eigenvalue weighted by molar-refractivity contribution is 0.240. The third-order valence-electron chi connectivity index (χ3n) is 5.66. The van der Waals surface area contributed by atoms with E-state index in [-0.39, 0.29) is 10.9 Å². The number of urea groups is 1. The number of pyridine rings is 1. The van der Waals surface area contributed by atoms with E-state index in [0.29, 0.717) is 26.2 Å². The molecule has 32 heavy (non-hydrogen) atoms. The Kier molecular flexibility index (Phi) is 8.46. The maximum absolute atomic E-state index is 12.6. The van der Waals surface area contributed by atoms with Gasteiger partial charge in [-0.05, 0) is 54.7 Å². The first-order valence-electron chi connectivity index (χ1n) is 11.2. The second-order valence-corrected chi connectivity index (χ2v) is 9.78. The minimum Gasteiger partial charge on any atom is -0.357 e. The van der Waals surface area contributed by atoms with Crippen LogP contribution < -0.4 is 15.5 Å². The molecular weight excluding hydrogens is 426 g/mol. The van der Waals surface area contributed by atoms with Gasteiger partial charge in [0.1, 0.15) is 5.82 Å². The Hall–Kier alpha value is -2.65. The second kappa shape index (κ2) is 11.3. The second-order valence-electron chi connectivity index (χ2n) is 7.84. The molecule has 2 amide bonds. The first-order chi connectivity index (χ1) is 15.4. The van der Waals surface area contributed by atoms with Crippen LogP contribution in [-0.4, -0.2) is 49.9 Å². The molecule has 0 radical (unpaired) electrons. The highest BCUT2D eigenvalue weighted by Crippen LogP contribution is 2.18. The molecule has 8 nitrogen and oxygen atoms in total. The predicted molar refractivity (Wildman–Crippen MR) is 126 cm³/mol. The third-order valence-corrected chi connectivity index (χ3v) is 7.73.